The number of para-hydroxylation sites is 1. The third kappa shape index (κ3) is 3.42. The Bertz CT molecular complexity index is 1060. The Morgan fingerprint density at radius 2 is 1.45 bits per heavy atom. The van der Waals surface area contributed by atoms with Gasteiger partial charge in [0.05, 0.1) is 17.9 Å². The summed E-state index contributed by atoms with van der Waals surface area (Å²) in [6, 6.07) is 18.6. The van der Waals surface area contributed by atoms with E-state index in [0.29, 0.717) is 17.7 Å². The Labute approximate surface area is 168 Å². The maximum absolute atomic E-state index is 12.6. The molecule has 4 amide bonds. The van der Waals surface area contributed by atoms with Crippen LogP contribution in [0.3, 0.4) is 0 Å². The summed E-state index contributed by atoms with van der Waals surface area (Å²) in [4.78, 5) is 39.2. The van der Waals surface area contributed by atoms with Gasteiger partial charge in [-0.1, -0.05) is 55.5 Å². The molecule has 0 unspecified atom stereocenters. The highest BCUT2D eigenvalue weighted by atomic mass is 16.2. The highest BCUT2D eigenvalue weighted by Gasteiger charge is 2.44. The van der Waals surface area contributed by atoms with Crippen LogP contribution in [0, 0.1) is 0 Å². The molecule has 2 heterocycles. The minimum absolute atomic E-state index is 0.0132. The van der Waals surface area contributed by atoms with E-state index in [4.69, 9.17) is 0 Å². The van der Waals surface area contributed by atoms with Crippen LogP contribution in [0.4, 0.5) is 4.79 Å². The third-order valence-corrected chi connectivity index (χ3v) is 4.77. The molecular weight excluding hydrogens is 368 g/mol. The first-order valence-corrected chi connectivity index (χ1v) is 9.47. The number of benzene rings is 2. The molecule has 1 aliphatic heterocycles. The molecule has 7 nitrogen and oxygen atoms in total. The lowest BCUT2D eigenvalue weighted by Crippen LogP contribution is -2.33. The van der Waals surface area contributed by atoms with Crippen molar-refractivity contribution in [2.75, 3.05) is 6.54 Å². The van der Waals surface area contributed by atoms with E-state index in [1.807, 2.05) is 67.6 Å². The van der Waals surface area contributed by atoms with Crippen LogP contribution in [0.25, 0.3) is 16.9 Å². The second kappa shape index (κ2) is 7.71. The predicted octanol–water partition coefficient (Wildman–Crippen LogP) is 3.24. The number of rotatable bonds is 6. The summed E-state index contributed by atoms with van der Waals surface area (Å²) >= 11 is 0. The Kier molecular flexibility index (Phi) is 4.95. The Hall–Kier alpha value is -3.74. The summed E-state index contributed by atoms with van der Waals surface area (Å²) in [6.45, 7) is 2.07. The van der Waals surface area contributed by atoms with Crippen molar-refractivity contribution in [1.82, 2.24) is 19.6 Å². The van der Waals surface area contributed by atoms with Crippen LogP contribution in [0.15, 0.2) is 66.9 Å². The summed E-state index contributed by atoms with van der Waals surface area (Å²) in [5.74, 6) is -1.57. The van der Waals surface area contributed by atoms with Gasteiger partial charge in [0, 0.05) is 23.9 Å². The number of hydrogen-bond acceptors (Lipinski definition) is 4. The van der Waals surface area contributed by atoms with Crippen LogP contribution >= 0.6 is 0 Å². The first-order valence-electron chi connectivity index (χ1n) is 9.47. The first-order chi connectivity index (χ1) is 14.1. The van der Waals surface area contributed by atoms with Gasteiger partial charge in [-0.15, -0.1) is 0 Å². The van der Waals surface area contributed by atoms with Gasteiger partial charge >= 0.3 is 17.8 Å². The van der Waals surface area contributed by atoms with E-state index in [-0.39, 0.29) is 13.1 Å². The molecule has 0 bridgehead atoms. The van der Waals surface area contributed by atoms with E-state index in [0.717, 1.165) is 21.1 Å². The molecule has 0 atom stereocenters. The second-order valence-electron chi connectivity index (χ2n) is 6.78. The van der Waals surface area contributed by atoms with Gasteiger partial charge in [-0.2, -0.15) is 5.10 Å². The van der Waals surface area contributed by atoms with Crippen molar-refractivity contribution in [1.29, 1.82) is 0 Å². The first kappa shape index (κ1) is 18.6. The fourth-order valence-electron chi connectivity index (χ4n) is 3.36. The Morgan fingerprint density at radius 3 is 2.10 bits per heavy atom. The van der Waals surface area contributed by atoms with E-state index >= 15 is 0 Å². The number of carbonyl (C=O) groups excluding carboxylic acids is 3. The van der Waals surface area contributed by atoms with Gasteiger partial charge in [-0.05, 0) is 18.6 Å². The summed E-state index contributed by atoms with van der Waals surface area (Å²) in [7, 11) is 0. The molecule has 0 N–H and O–H groups in total. The molecule has 1 saturated heterocycles. The van der Waals surface area contributed by atoms with Gasteiger partial charge in [0.2, 0.25) is 0 Å². The summed E-state index contributed by atoms with van der Waals surface area (Å²) in [6.07, 6.45) is 2.39. The minimum Gasteiger partial charge on any atom is -0.263 e. The van der Waals surface area contributed by atoms with Gasteiger partial charge in [0.25, 0.3) is 0 Å². The van der Waals surface area contributed by atoms with Crippen LogP contribution in [0.5, 0.6) is 0 Å². The standard InChI is InChI=1S/C22H20N4O3/c1-2-13-24-20(27)21(28)25(22(24)29)14-17-15-26(18-11-7-4-8-12-18)23-19(17)16-9-5-3-6-10-16/h3-12,15H,2,13-14H2,1H3. The SMILES string of the molecule is CCCN1C(=O)C(=O)N(Cc2cn(-c3ccccc3)nc2-c2ccccc2)C1=O. The van der Waals surface area contributed by atoms with Gasteiger partial charge < -0.3 is 0 Å². The molecule has 0 aliphatic carbocycles. The van der Waals surface area contributed by atoms with E-state index in [9.17, 15) is 14.4 Å². The lowest BCUT2D eigenvalue weighted by molar-refractivity contribution is -0.143. The van der Waals surface area contributed by atoms with Gasteiger partial charge in [0.1, 0.15) is 0 Å². The monoisotopic (exact) mass is 388 g/mol. The molecule has 1 fully saturated rings. The average Bonchev–Trinajstić information content (AvgIpc) is 3.27. The molecule has 1 aromatic heterocycles. The minimum atomic E-state index is -0.796. The van der Waals surface area contributed by atoms with Crippen LogP contribution in [-0.4, -0.2) is 44.0 Å². The number of aromatic nitrogens is 2. The Morgan fingerprint density at radius 1 is 0.828 bits per heavy atom. The van der Waals surface area contributed by atoms with Gasteiger partial charge in [-0.25, -0.2) is 9.48 Å². The average molecular weight is 388 g/mol. The number of hydrogen-bond donors (Lipinski definition) is 0. The molecule has 29 heavy (non-hydrogen) atoms. The quantitative estimate of drug-likeness (QED) is 0.480. The van der Waals surface area contributed by atoms with Crippen molar-refractivity contribution in [3.63, 3.8) is 0 Å². The van der Waals surface area contributed by atoms with Gasteiger partial charge in [0.15, 0.2) is 0 Å². The van der Waals surface area contributed by atoms with E-state index in [1.54, 1.807) is 10.9 Å². The zero-order valence-electron chi connectivity index (χ0n) is 16.0. The van der Waals surface area contributed by atoms with E-state index in [1.165, 1.54) is 0 Å². The lowest BCUT2D eigenvalue weighted by Gasteiger charge is -2.14. The van der Waals surface area contributed by atoms with Crippen molar-refractivity contribution in [2.45, 2.75) is 19.9 Å². The zero-order chi connectivity index (χ0) is 20.4. The Balaban J connectivity index is 1.73. The molecule has 3 aromatic rings. The molecule has 0 radical (unpaired) electrons. The second-order valence-corrected chi connectivity index (χ2v) is 6.78. The van der Waals surface area contributed by atoms with Crippen LogP contribution < -0.4 is 0 Å². The number of nitrogens with zero attached hydrogens (tertiary/aromatic N) is 4. The van der Waals surface area contributed by atoms with E-state index in [2.05, 4.69) is 5.10 Å². The molecule has 1 aliphatic rings. The fraction of sp³-hybridized carbons (Fsp3) is 0.182. The highest BCUT2D eigenvalue weighted by Crippen LogP contribution is 2.26. The summed E-state index contributed by atoms with van der Waals surface area (Å²) in [5, 5.41) is 4.69. The normalized spacial score (nSPS) is 14.2. The molecule has 4 rings (SSSR count). The van der Waals surface area contributed by atoms with Crippen molar-refractivity contribution in [3.05, 3.63) is 72.4 Å². The maximum Gasteiger partial charge on any atom is 0.334 e. The van der Waals surface area contributed by atoms with Crippen LogP contribution in [0.1, 0.15) is 18.9 Å². The summed E-state index contributed by atoms with van der Waals surface area (Å²) in [5.41, 5.74) is 3.08. The maximum atomic E-state index is 12.6. The van der Waals surface area contributed by atoms with Gasteiger partial charge in [-0.3, -0.25) is 19.4 Å². The third-order valence-electron chi connectivity index (χ3n) is 4.77. The number of imide groups is 2. The smallest absolute Gasteiger partial charge is 0.263 e. The number of urea groups is 1. The zero-order valence-corrected chi connectivity index (χ0v) is 16.0. The topological polar surface area (TPSA) is 75.5 Å². The van der Waals surface area contributed by atoms with E-state index < -0.39 is 17.8 Å². The van der Waals surface area contributed by atoms with Crippen molar-refractivity contribution in [3.8, 4) is 16.9 Å². The van der Waals surface area contributed by atoms with Crippen LogP contribution in [0.2, 0.25) is 0 Å². The molecule has 7 heteroatoms. The molecule has 2 aromatic carbocycles. The molecule has 146 valence electrons. The fourth-order valence-corrected chi connectivity index (χ4v) is 3.36. The van der Waals surface area contributed by atoms with Crippen LogP contribution in [-0.2, 0) is 16.1 Å². The highest BCUT2D eigenvalue weighted by molar-refractivity contribution is 6.44. The summed E-state index contributed by atoms with van der Waals surface area (Å²) < 4.78 is 1.72. The van der Waals surface area contributed by atoms with Crippen molar-refractivity contribution >= 4 is 17.8 Å². The number of amides is 4. The molecular formula is C22H20N4O3. The molecule has 0 spiro atoms. The lowest BCUT2D eigenvalue weighted by atomic mass is 10.1. The van der Waals surface area contributed by atoms with Crippen molar-refractivity contribution in [2.24, 2.45) is 0 Å². The predicted molar refractivity (Wildman–Crippen MR) is 107 cm³/mol. The largest absolute Gasteiger partial charge is 0.334 e. The number of carbonyl (C=O) groups is 3. The molecule has 0 saturated carbocycles. The van der Waals surface area contributed by atoms with Crippen molar-refractivity contribution < 1.29 is 14.4 Å².